The molecular weight excluding hydrogens is 400 g/mol. The number of carbonyl (C=O) groups is 1. The standard InChI is InChI=1S/C28H40O4/c1-19(12-8-14-21(3)27(30)31)10-7-11-20(2)13-9-16-28(6)17-15-24-18-25(29)22(4)23(5)26(24)32-28/h10,13-14,18,29H,7-9,11-12,15-17H2,1-6H3,(H,30,31)/b19-10+,20-13+,21-14-/t28-/m1/s1. The molecule has 176 valence electrons. The van der Waals surface area contributed by atoms with E-state index in [1.165, 1.54) is 11.1 Å². The molecule has 0 amide bonds. The van der Waals surface area contributed by atoms with E-state index in [0.29, 0.717) is 11.3 Å². The second kappa shape index (κ2) is 11.4. The average Bonchev–Trinajstić information content (AvgIpc) is 2.72. The number of rotatable bonds is 10. The summed E-state index contributed by atoms with van der Waals surface area (Å²) in [6, 6.07) is 1.86. The summed E-state index contributed by atoms with van der Waals surface area (Å²) in [6.45, 7) is 12.1. The monoisotopic (exact) mass is 440 g/mol. The Kier molecular flexibility index (Phi) is 9.18. The summed E-state index contributed by atoms with van der Waals surface area (Å²) in [6.07, 6.45) is 14.0. The van der Waals surface area contributed by atoms with Crippen molar-refractivity contribution in [2.45, 2.75) is 98.5 Å². The lowest BCUT2D eigenvalue weighted by atomic mass is 9.87. The molecule has 1 aliphatic heterocycles. The zero-order chi connectivity index (χ0) is 23.9. The molecular formula is C28H40O4. The molecule has 0 aromatic heterocycles. The maximum atomic E-state index is 10.8. The van der Waals surface area contributed by atoms with E-state index in [2.05, 4.69) is 32.9 Å². The molecule has 2 rings (SSSR count). The maximum Gasteiger partial charge on any atom is 0.330 e. The summed E-state index contributed by atoms with van der Waals surface area (Å²) in [4.78, 5) is 10.8. The molecule has 0 radical (unpaired) electrons. The first-order valence-electron chi connectivity index (χ1n) is 11.7. The van der Waals surface area contributed by atoms with Gasteiger partial charge < -0.3 is 14.9 Å². The zero-order valence-electron chi connectivity index (χ0n) is 20.7. The molecule has 4 nitrogen and oxygen atoms in total. The molecule has 0 aliphatic carbocycles. The lowest BCUT2D eigenvalue weighted by Gasteiger charge is -2.37. The van der Waals surface area contributed by atoms with Crippen molar-refractivity contribution in [3.63, 3.8) is 0 Å². The van der Waals surface area contributed by atoms with Gasteiger partial charge in [0.05, 0.1) is 0 Å². The number of fused-ring (bicyclic) bond motifs is 1. The number of allylic oxidation sites excluding steroid dienone is 5. The molecule has 1 heterocycles. The van der Waals surface area contributed by atoms with Crippen molar-refractivity contribution in [1.29, 1.82) is 0 Å². The summed E-state index contributed by atoms with van der Waals surface area (Å²) in [7, 11) is 0. The quantitative estimate of drug-likeness (QED) is 0.295. The number of phenols is 1. The third-order valence-corrected chi connectivity index (χ3v) is 6.69. The van der Waals surface area contributed by atoms with Crippen LogP contribution in [0.5, 0.6) is 11.5 Å². The van der Waals surface area contributed by atoms with Gasteiger partial charge in [-0.15, -0.1) is 0 Å². The predicted molar refractivity (Wildman–Crippen MR) is 132 cm³/mol. The molecule has 1 atom stereocenters. The number of aromatic hydroxyl groups is 1. The molecule has 2 N–H and O–H groups in total. The van der Waals surface area contributed by atoms with Gasteiger partial charge in [-0.05, 0) is 116 Å². The van der Waals surface area contributed by atoms with Crippen molar-refractivity contribution in [2.24, 2.45) is 0 Å². The van der Waals surface area contributed by atoms with Crippen molar-refractivity contribution in [3.8, 4) is 11.5 Å². The highest BCUT2D eigenvalue weighted by atomic mass is 16.5. The minimum absolute atomic E-state index is 0.171. The smallest absolute Gasteiger partial charge is 0.330 e. The first-order valence-corrected chi connectivity index (χ1v) is 11.7. The zero-order valence-corrected chi connectivity index (χ0v) is 20.7. The van der Waals surface area contributed by atoms with Gasteiger partial charge in [-0.25, -0.2) is 4.79 Å². The lowest BCUT2D eigenvalue weighted by Crippen LogP contribution is -2.36. The van der Waals surface area contributed by atoms with Gasteiger partial charge >= 0.3 is 5.97 Å². The number of hydrogen-bond acceptors (Lipinski definition) is 3. The molecule has 1 aromatic carbocycles. The molecule has 0 saturated carbocycles. The van der Waals surface area contributed by atoms with E-state index in [4.69, 9.17) is 9.84 Å². The van der Waals surface area contributed by atoms with Crippen LogP contribution in [0.3, 0.4) is 0 Å². The van der Waals surface area contributed by atoms with Crippen molar-refractivity contribution < 1.29 is 19.7 Å². The minimum atomic E-state index is -0.839. The Morgan fingerprint density at radius 2 is 1.62 bits per heavy atom. The Labute approximate surface area is 193 Å². The maximum absolute atomic E-state index is 10.8. The van der Waals surface area contributed by atoms with Crippen molar-refractivity contribution in [2.75, 3.05) is 0 Å². The summed E-state index contributed by atoms with van der Waals surface area (Å²) in [5.74, 6) is 0.487. The Bertz CT molecular complexity index is 920. The number of aliphatic carboxylic acids is 1. The Morgan fingerprint density at radius 1 is 1.03 bits per heavy atom. The van der Waals surface area contributed by atoms with Crippen LogP contribution >= 0.6 is 0 Å². The van der Waals surface area contributed by atoms with Crippen molar-refractivity contribution in [1.82, 2.24) is 0 Å². The highest BCUT2D eigenvalue weighted by Crippen LogP contribution is 2.41. The molecule has 0 fully saturated rings. The van der Waals surface area contributed by atoms with Gasteiger partial charge in [-0.2, -0.15) is 0 Å². The molecule has 0 unspecified atom stereocenters. The van der Waals surface area contributed by atoms with Crippen LogP contribution in [0, 0.1) is 13.8 Å². The number of aryl methyl sites for hydroxylation is 1. The third kappa shape index (κ3) is 7.29. The average molecular weight is 441 g/mol. The summed E-state index contributed by atoms with van der Waals surface area (Å²) in [5, 5.41) is 19.0. The molecule has 0 bridgehead atoms. The van der Waals surface area contributed by atoms with E-state index in [9.17, 15) is 9.90 Å². The lowest BCUT2D eigenvalue weighted by molar-refractivity contribution is -0.132. The molecule has 4 heteroatoms. The van der Waals surface area contributed by atoms with Gasteiger partial charge in [-0.1, -0.05) is 29.4 Å². The van der Waals surface area contributed by atoms with Gasteiger partial charge in [-0.3, -0.25) is 0 Å². The van der Waals surface area contributed by atoms with Gasteiger partial charge in [0.1, 0.15) is 17.1 Å². The molecule has 0 saturated heterocycles. The molecule has 1 aromatic rings. The summed E-state index contributed by atoms with van der Waals surface area (Å²) >= 11 is 0. The number of carboxylic acids is 1. The van der Waals surface area contributed by atoms with Crippen molar-refractivity contribution in [3.05, 3.63) is 57.7 Å². The van der Waals surface area contributed by atoms with Crippen LogP contribution in [0.1, 0.15) is 89.3 Å². The van der Waals surface area contributed by atoms with Crippen LogP contribution in [0.4, 0.5) is 0 Å². The van der Waals surface area contributed by atoms with E-state index in [-0.39, 0.29) is 5.60 Å². The Morgan fingerprint density at radius 3 is 2.25 bits per heavy atom. The third-order valence-electron chi connectivity index (χ3n) is 6.69. The molecule has 32 heavy (non-hydrogen) atoms. The highest BCUT2D eigenvalue weighted by Gasteiger charge is 2.32. The fraction of sp³-hybridized carbons (Fsp3) is 0.536. The van der Waals surface area contributed by atoms with Crippen LogP contribution in [-0.2, 0) is 11.2 Å². The van der Waals surface area contributed by atoms with Crippen LogP contribution in [0.25, 0.3) is 0 Å². The fourth-order valence-corrected chi connectivity index (χ4v) is 4.12. The number of benzene rings is 1. The van der Waals surface area contributed by atoms with Gasteiger partial charge in [0.15, 0.2) is 0 Å². The molecule has 1 aliphatic rings. The van der Waals surface area contributed by atoms with E-state index < -0.39 is 5.97 Å². The van der Waals surface area contributed by atoms with Gasteiger partial charge in [0.2, 0.25) is 0 Å². The van der Waals surface area contributed by atoms with Crippen LogP contribution < -0.4 is 4.74 Å². The van der Waals surface area contributed by atoms with E-state index in [0.717, 1.165) is 73.8 Å². The molecule has 0 spiro atoms. The first kappa shape index (κ1) is 25.8. The van der Waals surface area contributed by atoms with Gasteiger partial charge in [0.25, 0.3) is 0 Å². The first-order chi connectivity index (χ1) is 15.0. The topological polar surface area (TPSA) is 66.8 Å². The number of hydrogen-bond donors (Lipinski definition) is 2. The normalized spacial score (nSPS) is 19.5. The van der Waals surface area contributed by atoms with E-state index >= 15 is 0 Å². The Balaban J connectivity index is 1.81. The highest BCUT2D eigenvalue weighted by molar-refractivity contribution is 5.85. The summed E-state index contributed by atoms with van der Waals surface area (Å²) in [5.41, 5.74) is 6.02. The second-order valence-electron chi connectivity index (χ2n) is 9.60. The van der Waals surface area contributed by atoms with Crippen LogP contribution in [0.15, 0.2) is 41.0 Å². The van der Waals surface area contributed by atoms with Crippen molar-refractivity contribution >= 4 is 5.97 Å². The van der Waals surface area contributed by atoms with Crippen LogP contribution in [0.2, 0.25) is 0 Å². The van der Waals surface area contributed by atoms with Crippen LogP contribution in [-0.4, -0.2) is 21.8 Å². The summed E-state index contributed by atoms with van der Waals surface area (Å²) < 4.78 is 6.46. The largest absolute Gasteiger partial charge is 0.508 e. The fourth-order valence-electron chi connectivity index (χ4n) is 4.12. The Hall–Kier alpha value is -2.49. The van der Waals surface area contributed by atoms with Gasteiger partial charge in [0, 0.05) is 5.57 Å². The SMILES string of the molecule is C/C(=C/CC/C(C)=C/CC/C(C)=C/CC[C@]1(C)CCc2cc(O)c(C)c(C)c2O1)C(=O)O. The second-order valence-corrected chi connectivity index (χ2v) is 9.60. The van der Waals surface area contributed by atoms with E-state index in [1.807, 2.05) is 19.9 Å². The predicted octanol–water partition coefficient (Wildman–Crippen LogP) is 7.36. The number of carboxylic acid groups (broad SMARTS) is 1. The minimum Gasteiger partial charge on any atom is -0.508 e. The van der Waals surface area contributed by atoms with E-state index in [1.54, 1.807) is 13.0 Å². The number of ether oxygens (including phenoxy) is 1. The number of phenolic OH excluding ortho intramolecular Hbond substituents is 1.